The molecular weight excluding hydrogens is 352 g/mol. The molecule has 0 saturated heterocycles. The third-order valence-electron chi connectivity index (χ3n) is 2.83. The molecule has 3 nitrogen and oxygen atoms in total. The van der Waals surface area contributed by atoms with Gasteiger partial charge in [-0.15, -0.1) is 11.8 Å². The van der Waals surface area contributed by atoms with E-state index in [1.807, 2.05) is 36.4 Å². The van der Waals surface area contributed by atoms with Crippen LogP contribution in [0.5, 0.6) is 5.75 Å². The number of carbonyl (C=O) groups excluding carboxylic acids is 1. The Morgan fingerprint density at radius 3 is 2.62 bits per heavy atom. The third-order valence-corrected chi connectivity index (χ3v) is 4.53. The van der Waals surface area contributed by atoms with E-state index in [9.17, 15) is 9.90 Å². The Labute approximate surface area is 136 Å². The van der Waals surface area contributed by atoms with Crippen LogP contribution in [0.2, 0.25) is 0 Å². The van der Waals surface area contributed by atoms with Crippen molar-refractivity contribution in [1.82, 2.24) is 0 Å². The Morgan fingerprint density at radius 1 is 1.24 bits per heavy atom. The lowest BCUT2D eigenvalue weighted by molar-refractivity contribution is 0.0522. The molecule has 0 amide bonds. The quantitative estimate of drug-likeness (QED) is 0.619. The van der Waals surface area contributed by atoms with Crippen LogP contribution < -0.4 is 0 Å². The summed E-state index contributed by atoms with van der Waals surface area (Å²) in [5.74, 6) is 0.0125. The maximum absolute atomic E-state index is 12.0. The van der Waals surface area contributed by atoms with E-state index < -0.39 is 5.97 Å². The number of carbonyl (C=O) groups is 1. The van der Waals surface area contributed by atoms with Gasteiger partial charge in [-0.3, -0.25) is 0 Å². The first-order valence-electron chi connectivity index (χ1n) is 6.48. The Balaban J connectivity index is 2.26. The van der Waals surface area contributed by atoms with Crippen molar-refractivity contribution >= 4 is 33.7 Å². The Hall–Kier alpha value is -1.46. The van der Waals surface area contributed by atoms with Gasteiger partial charge in [-0.25, -0.2) is 4.79 Å². The minimum atomic E-state index is -0.500. The molecule has 0 aliphatic rings. The highest BCUT2D eigenvalue weighted by atomic mass is 79.9. The van der Waals surface area contributed by atoms with E-state index in [-0.39, 0.29) is 17.9 Å². The van der Waals surface area contributed by atoms with Gasteiger partial charge in [0.2, 0.25) is 0 Å². The van der Waals surface area contributed by atoms with Crippen molar-refractivity contribution in [2.45, 2.75) is 17.6 Å². The molecule has 0 unspecified atom stereocenters. The predicted molar refractivity (Wildman–Crippen MR) is 87.8 cm³/mol. The molecule has 5 heteroatoms. The maximum atomic E-state index is 12.0. The average molecular weight is 367 g/mol. The summed E-state index contributed by atoms with van der Waals surface area (Å²) in [7, 11) is 0. The van der Waals surface area contributed by atoms with Gasteiger partial charge in [0.1, 0.15) is 11.3 Å². The van der Waals surface area contributed by atoms with Gasteiger partial charge < -0.3 is 9.84 Å². The van der Waals surface area contributed by atoms with Crippen LogP contribution in [0.3, 0.4) is 0 Å². The van der Waals surface area contributed by atoms with Gasteiger partial charge >= 0.3 is 5.97 Å². The molecule has 0 atom stereocenters. The predicted octanol–water partition coefficient (Wildman–Crippen LogP) is 4.62. The maximum Gasteiger partial charge on any atom is 0.342 e. The lowest BCUT2D eigenvalue weighted by atomic mass is 10.1. The fourth-order valence-electron chi connectivity index (χ4n) is 1.84. The summed E-state index contributed by atoms with van der Waals surface area (Å²) in [6.07, 6.45) is 0. The lowest BCUT2D eigenvalue weighted by Gasteiger charge is -2.12. The van der Waals surface area contributed by atoms with E-state index in [2.05, 4.69) is 15.9 Å². The van der Waals surface area contributed by atoms with Crippen molar-refractivity contribution in [2.24, 2.45) is 0 Å². The molecule has 0 aliphatic carbocycles. The number of hydrogen-bond donors (Lipinski definition) is 1. The summed E-state index contributed by atoms with van der Waals surface area (Å²) < 4.78 is 5.51. The molecule has 0 saturated carbocycles. The van der Waals surface area contributed by atoms with Crippen molar-refractivity contribution in [2.75, 3.05) is 6.61 Å². The molecule has 2 aromatic carbocycles. The number of hydrogen-bond acceptors (Lipinski definition) is 4. The van der Waals surface area contributed by atoms with Crippen LogP contribution in [-0.2, 0) is 10.5 Å². The number of ether oxygens (including phenoxy) is 1. The molecule has 0 bridgehead atoms. The van der Waals surface area contributed by atoms with Crippen molar-refractivity contribution < 1.29 is 14.6 Å². The normalized spacial score (nSPS) is 10.4. The fraction of sp³-hybridized carbons (Fsp3) is 0.188. The van der Waals surface area contributed by atoms with E-state index in [4.69, 9.17) is 4.74 Å². The molecule has 0 spiro atoms. The highest BCUT2D eigenvalue weighted by Crippen LogP contribution is 2.34. The van der Waals surface area contributed by atoms with E-state index in [1.165, 1.54) is 0 Å². The summed E-state index contributed by atoms with van der Waals surface area (Å²) in [5, 5.41) is 10.1. The van der Waals surface area contributed by atoms with Gasteiger partial charge in [0.05, 0.1) is 11.1 Å². The number of esters is 1. The molecule has 110 valence electrons. The largest absolute Gasteiger partial charge is 0.506 e. The average Bonchev–Trinajstić information content (AvgIpc) is 2.49. The first kappa shape index (κ1) is 15.9. The smallest absolute Gasteiger partial charge is 0.342 e. The molecule has 2 aromatic rings. The molecular formula is C16H15BrO3S. The van der Waals surface area contributed by atoms with Gasteiger partial charge in [0.25, 0.3) is 0 Å². The first-order chi connectivity index (χ1) is 10.1. The summed E-state index contributed by atoms with van der Waals surface area (Å²) in [6, 6.07) is 13.5. The van der Waals surface area contributed by atoms with E-state index in [0.29, 0.717) is 10.2 Å². The van der Waals surface area contributed by atoms with Gasteiger partial charge in [0, 0.05) is 10.6 Å². The lowest BCUT2D eigenvalue weighted by Crippen LogP contribution is -2.08. The van der Waals surface area contributed by atoms with E-state index >= 15 is 0 Å². The summed E-state index contributed by atoms with van der Waals surface area (Å²) >= 11 is 4.83. The Bertz CT molecular complexity index is 629. The number of aromatic hydroxyl groups is 1. The van der Waals surface area contributed by atoms with Gasteiger partial charge in [-0.05, 0) is 46.6 Å². The second-order valence-electron chi connectivity index (χ2n) is 4.25. The van der Waals surface area contributed by atoms with Crippen molar-refractivity contribution in [1.29, 1.82) is 0 Å². The molecule has 0 heterocycles. The second-order valence-corrected chi connectivity index (χ2v) is 6.16. The Morgan fingerprint density at radius 2 is 1.95 bits per heavy atom. The van der Waals surface area contributed by atoms with Gasteiger partial charge in [-0.2, -0.15) is 0 Å². The topological polar surface area (TPSA) is 46.5 Å². The summed E-state index contributed by atoms with van der Waals surface area (Å²) in [6.45, 7) is 2.02. The molecule has 0 aromatic heterocycles. The van der Waals surface area contributed by atoms with Crippen molar-refractivity contribution in [3.8, 4) is 5.75 Å². The van der Waals surface area contributed by atoms with E-state index in [0.717, 1.165) is 10.5 Å². The number of phenolic OH excluding ortho intramolecular Hbond substituents is 1. The molecule has 0 fully saturated rings. The van der Waals surface area contributed by atoms with Crippen LogP contribution in [0, 0.1) is 0 Å². The molecule has 21 heavy (non-hydrogen) atoms. The summed E-state index contributed by atoms with van der Waals surface area (Å²) in [5.41, 5.74) is 0.984. The van der Waals surface area contributed by atoms with Crippen LogP contribution in [0.25, 0.3) is 0 Å². The van der Waals surface area contributed by atoms with E-state index in [1.54, 1.807) is 24.8 Å². The minimum absolute atomic E-state index is 0.0698. The van der Waals surface area contributed by atoms with Gasteiger partial charge in [0.15, 0.2) is 0 Å². The van der Waals surface area contributed by atoms with Crippen LogP contribution >= 0.6 is 27.7 Å². The molecule has 0 radical (unpaired) electrons. The SMILES string of the molecule is CCOC(=O)c1c(CSc2ccccc2)ccc(Br)c1O. The zero-order valence-electron chi connectivity index (χ0n) is 11.5. The van der Waals surface area contributed by atoms with Crippen LogP contribution in [-0.4, -0.2) is 17.7 Å². The third kappa shape index (κ3) is 4.02. The fourth-order valence-corrected chi connectivity index (χ4v) is 3.08. The number of halogens is 1. The monoisotopic (exact) mass is 366 g/mol. The van der Waals surface area contributed by atoms with Crippen molar-refractivity contribution in [3.63, 3.8) is 0 Å². The zero-order chi connectivity index (χ0) is 15.2. The highest BCUT2D eigenvalue weighted by Gasteiger charge is 2.19. The number of rotatable bonds is 5. The first-order valence-corrected chi connectivity index (χ1v) is 8.26. The van der Waals surface area contributed by atoms with Crippen LogP contribution in [0.15, 0.2) is 51.8 Å². The van der Waals surface area contributed by atoms with Crippen LogP contribution in [0.1, 0.15) is 22.8 Å². The number of thioether (sulfide) groups is 1. The standard InChI is InChI=1S/C16H15BrO3S/c1-2-20-16(19)14-11(8-9-13(17)15(14)18)10-21-12-6-4-3-5-7-12/h3-9,18H,2,10H2,1H3. The highest BCUT2D eigenvalue weighted by molar-refractivity contribution is 9.10. The number of phenols is 1. The molecule has 2 rings (SSSR count). The minimum Gasteiger partial charge on any atom is -0.506 e. The van der Waals surface area contributed by atoms with Crippen molar-refractivity contribution in [3.05, 3.63) is 58.1 Å². The molecule has 0 aliphatic heterocycles. The molecule has 1 N–H and O–H groups in total. The summed E-state index contributed by atoms with van der Waals surface area (Å²) in [4.78, 5) is 13.1. The zero-order valence-corrected chi connectivity index (χ0v) is 13.9. The Kier molecular flexibility index (Phi) is 5.70. The number of benzene rings is 2. The second kappa shape index (κ2) is 7.52. The van der Waals surface area contributed by atoms with Gasteiger partial charge in [-0.1, -0.05) is 24.3 Å². The van der Waals surface area contributed by atoms with Crippen LogP contribution in [0.4, 0.5) is 0 Å².